The number of Topliss-reactive ketones (excluding diaryl/α,β-unsaturated/α-hetero) is 1. The zero-order chi connectivity index (χ0) is 11.7. The molecule has 84 valence electrons. The van der Waals surface area contributed by atoms with E-state index in [0.29, 0.717) is 17.6 Å². The molecule has 0 unspecified atom stereocenters. The molecule has 2 aliphatic rings. The highest BCUT2D eigenvalue weighted by Gasteiger charge is 2.32. The average molecular weight is 218 g/mol. The Hall–Kier alpha value is -1.64. The highest BCUT2D eigenvalue weighted by atomic mass is 16.5. The second kappa shape index (κ2) is 4.08. The summed E-state index contributed by atoms with van der Waals surface area (Å²) in [5, 5.41) is 0. The van der Waals surface area contributed by atoms with Gasteiger partial charge in [0.25, 0.3) is 0 Å². The molecule has 0 heterocycles. The van der Waals surface area contributed by atoms with E-state index in [1.54, 1.807) is 0 Å². The van der Waals surface area contributed by atoms with E-state index >= 15 is 0 Å². The molecule has 0 aromatic heterocycles. The second-order valence-electron chi connectivity index (χ2n) is 3.95. The highest BCUT2D eigenvalue weighted by Crippen LogP contribution is 2.33. The Labute approximate surface area is 94.5 Å². The molecule has 0 N–H and O–H groups in total. The van der Waals surface area contributed by atoms with Crippen molar-refractivity contribution in [2.24, 2.45) is 5.92 Å². The van der Waals surface area contributed by atoms with E-state index in [2.05, 4.69) is 0 Å². The van der Waals surface area contributed by atoms with E-state index < -0.39 is 0 Å². The molecular formula is C13H14O3. The number of hydrogen-bond acceptors (Lipinski definition) is 3. The first kappa shape index (κ1) is 10.9. The summed E-state index contributed by atoms with van der Waals surface area (Å²) in [5.74, 6) is 0.0197. The van der Waals surface area contributed by atoms with Crippen molar-refractivity contribution in [1.82, 2.24) is 0 Å². The van der Waals surface area contributed by atoms with Gasteiger partial charge in [-0.1, -0.05) is 19.1 Å². The topological polar surface area (TPSA) is 43.4 Å². The molecule has 3 heteroatoms. The maximum atomic E-state index is 12.0. The predicted molar refractivity (Wildman–Crippen MR) is 59.7 cm³/mol. The van der Waals surface area contributed by atoms with Crippen molar-refractivity contribution >= 4 is 11.6 Å². The zero-order valence-corrected chi connectivity index (χ0v) is 9.45. The third-order valence-corrected chi connectivity index (χ3v) is 3.07. The first-order chi connectivity index (χ1) is 7.69. The van der Waals surface area contributed by atoms with Gasteiger partial charge in [0.15, 0.2) is 11.5 Å². The van der Waals surface area contributed by atoms with Crippen molar-refractivity contribution in [2.45, 2.75) is 19.8 Å². The van der Waals surface area contributed by atoms with Crippen LogP contribution in [0.15, 0.2) is 35.1 Å². The summed E-state index contributed by atoms with van der Waals surface area (Å²) in [7, 11) is 1.42. The summed E-state index contributed by atoms with van der Waals surface area (Å²) in [6.07, 6.45) is 6.65. The molecule has 0 aromatic carbocycles. The summed E-state index contributed by atoms with van der Waals surface area (Å²) in [6, 6.07) is 0. The minimum atomic E-state index is -0.139. The third kappa shape index (κ3) is 1.52. The minimum absolute atomic E-state index is 0.0786. The molecule has 0 bridgehead atoms. The number of ketones is 2. The van der Waals surface area contributed by atoms with Gasteiger partial charge in [0.05, 0.1) is 7.11 Å². The van der Waals surface area contributed by atoms with Gasteiger partial charge in [0.2, 0.25) is 5.78 Å². The predicted octanol–water partition coefficient (Wildman–Crippen LogP) is 1.95. The SMILES string of the molecule is CC[C@H]1C=CCC2=C1C(=O)C=C(OC)C2=O. The highest BCUT2D eigenvalue weighted by molar-refractivity contribution is 6.22. The molecule has 0 saturated heterocycles. The molecule has 0 aliphatic heterocycles. The van der Waals surface area contributed by atoms with Crippen LogP contribution in [0.25, 0.3) is 0 Å². The Bertz CT molecular complexity index is 438. The number of carbonyl (C=O) groups is 2. The lowest BCUT2D eigenvalue weighted by molar-refractivity contribution is -0.118. The molecule has 1 atom stereocenters. The molecule has 3 nitrogen and oxygen atoms in total. The lowest BCUT2D eigenvalue weighted by atomic mass is 9.79. The summed E-state index contributed by atoms with van der Waals surface area (Å²) < 4.78 is 4.92. The smallest absolute Gasteiger partial charge is 0.224 e. The summed E-state index contributed by atoms with van der Waals surface area (Å²) in [5.41, 5.74) is 1.27. The van der Waals surface area contributed by atoms with E-state index in [0.717, 1.165) is 6.42 Å². The second-order valence-corrected chi connectivity index (χ2v) is 3.95. The molecule has 0 saturated carbocycles. The molecule has 0 aromatic rings. The fourth-order valence-electron chi connectivity index (χ4n) is 2.23. The maximum Gasteiger partial charge on any atom is 0.224 e. The lowest BCUT2D eigenvalue weighted by Crippen LogP contribution is -2.25. The van der Waals surface area contributed by atoms with Crippen molar-refractivity contribution in [3.63, 3.8) is 0 Å². The van der Waals surface area contributed by atoms with E-state index in [1.165, 1.54) is 13.2 Å². The van der Waals surface area contributed by atoms with Crippen LogP contribution in [0, 0.1) is 5.92 Å². The van der Waals surface area contributed by atoms with Gasteiger partial charge in [-0.15, -0.1) is 0 Å². The number of allylic oxidation sites excluding steroid dienone is 5. The Morgan fingerprint density at radius 2 is 2.19 bits per heavy atom. The van der Waals surface area contributed by atoms with Crippen LogP contribution in [0.1, 0.15) is 19.8 Å². The quantitative estimate of drug-likeness (QED) is 0.525. The first-order valence-corrected chi connectivity index (χ1v) is 5.43. The standard InChI is InChI=1S/C13H14O3/c1-3-8-5-4-6-9-12(8)10(14)7-11(16-2)13(9)15/h4-5,7-8H,3,6H2,1-2H3/t8-/m0/s1. The Morgan fingerprint density at radius 1 is 1.44 bits per heavy atom. The van der Waals surface area contributed by atoms with Crippen LogP contribution in [0.5, 0.6) is 0 Å². The van der Waals surface area contributed by atoms with Crippen LogP contribution in [-0.2, 0) is 14.3 Å². The summed E-state index contributed by atoms with van der Waals surface area (Å²) in [4.78, 5) is 23.9. The Balaban J connectivity index is 2.45. The first-order valence-electron chi connectivity index (χ1n) is 5.43. The molecule has 16 heavy (non-hydrogen) atoms. The normalized spacial score (nSPS) is 24.4. The average Bonchev–Trinajstić information content (AvgIpc) is 2.32. The molecule has 0 fully saturated rings. The van der Waals surface area contributed by atoms with Gasteiger partial charge in [-0.25, -0.2) is 0 Å². The molecule has 0 spiro atoms. The maximum absolute atomic E-state index is 12.0. The third-order valence-electron chi connectivity index (χ3n) is 3.07. The largest absolute Gasteiger partial charge is 0.493 e. The number of rotatable bonds is 2. The zero-order valence-electron chi connectivity index (χ0n) is 9.45. The van der Waals surface area contributed by atoms with Crippen LogP contribution >= 0.6 is 0 Å². The molecule has 0 radical (unpaired) electrons. The van der Waals surface area contributed by atoms with Crippen molar-refractivity contribution in [3.05, 3.63) is 35.1 Å². The molecule has 2 rings (SSSR count). The number of methoxy groups -OCH3 is 1. The van der Waals surface area contributed by atoms with Crippen molar-refractivity contribution in [1.29, 1.82) is 0 Å². The van der Waals surface area contributed by atoms with Gasteiger partial charge in [0, 0.05) is 23.1 Å². The van der Waals surface area contributed by atoms with Crippen LogP contribution < -0.4 is 0 Å². The number of ether oxygens (including phenoxy) is 1. The van der Waals surface area contributed by atoms with E-state index in [4.69, 9.17) is 4.74 Å². The van der Waals surface area contributed by atoms with Crippen molar-refractivity contribution in [2.75, 3.05) is 7.11 Å². The lowest BCUT2D eigenvalue weighted by Gasteiger charge is -2.24. The van der Waals surface area contributed by atoms with E-state index in [9.17, 15) is 9.59 Å². The fraction of sp³-hybridized carbons (Fsp3) is 0.385. The molecule has 0 amide bonds. The minimum Gasteiger partial charge on any atom is -0.493 e. The van der Waals surface area contributed by atoms with Crippen LogP contribution in [0.2, 0.25) is 0 Å². The van der Waals surface area contributed by atoms with Crippen LogP contribution in [0.4, 0.5) is 0 Å². The summed E-state index contributed by atoms with van der Waals surface area (Å²) in [6.45, 7) is 2.01. The van der Waals surface area contributed by atoms with E-state index in [-0.39, 0.29) is 23.2 Å². The van der Waals surface area contributed by atoms with Crippen LogP contribution in [-0.4, -0.2) is 18.7 Å². The van der Waals surface area contributed by atoms with Gasteiger partial charge in [-0.05, 0) is 12.8 Å². The van der Waals surface area contributed by atoms with Gasteiger partial charge >= 0.3 is 0 Å². The van der Waals surface area contributed by atoms with Crippen LogP contribution in [0.3, 0.4) is 0 Å². The van der Waals surface area contributed by atoms with Crippen molar-refractivity contribution in [3.8, 4) is 0 Å². The Morgan fingerprint density at radius 3 is 2.81 bits per heavy atom. The van der Waals surface area contributed by atoms with Crippen molar-refractivity contribution < 1.29 is 14.3 Å². The number of hydrogen-bond donors (Lipinski definition) is 0. The van der Waals surface area contributed by atoms with Gasteiger partial charge in [-0.2, -0.15) is 0 Å². The number of carbonyl (C=O) groups excluding carboxylic acids is 2. The van der Waals surface area contributed by atoms with Gasteiger partial charge in [-0.3, -0.25) is 9.59 Å². The van der Waals surface area contributed by atoms with Gasteiger partial charge in [0.1, 0.15) is 0 Å². The fourth-order valence-corrected chi connectivity index (χ4v) is 2.23. The van der Waals surface area contributed by atoms with Gasteiger partial charge < -0.3 is 4.74 Å². The Kier molecular flexibility index (Phi) is 2.77. The summed E-state index contributed by atoms with van der Waals surface area (Å²) >= 11 is 0. The van der Waals surface area contributed by atoms with E-state index in [1.807, 2.05) is 19.1 Å². The monoisotopic (exact) mass is 218 g/mol. The molecule has 2 aliphatic carbocycles. The molecular weight excluding hydrogens is 204 g/mol.